The number of hydrogen-bond acceptors (Lipinski definition) is 5. The first-order valence-corrected chi connectivity index (χ1v) is 5.67. The molecule has 1 atom stereocenters. The number of likely N-dealkylation sites (N-methyl/N-ethyl adjacent to an activating group) is 1. The molecule has 5 heteroatoms. The number of hydrogen-bond donors (Lipinski definition) is 1. The van der Waals surface area contributed by atoms with Gasteiger partial charge < -0.3 is 10.0 Å². The molecule has 14 heavy (non-hydrogen) atoms. The molecule has 1 aliphatic carbocycles. The molecule has 2 rings (SSSR count). The van der Waals surface area contributed by atoms with Crippen LogP contribution in [-0.2, 0) is 0 Å². The normalized spacial score (nSPS) is 18.2. The highest BCUT2D eigenvalue weighted by Crippen LogP contribution is 2.39. The van der Waals surface area contributed by atoms with Gasteiger partial charge in [-0.2, -0.15) is 4.37 Å². The fourth-order valence-electron chi connectivity index (χ4n) is 1.36. The van der Waals surface area contributed by atoms with Gasteiger partial charge in [-0.05, 0) is 19.8 Å². The molecule has 1 heterocycles. The Morgan fingerprint density at radius 2 is 2.36 bits per heavy atom. The van der Waals surface area contributed by atoms with Gasteiger partial charge in [-0.1, -0.05) is 0 Å². The van der Waals surface area contributed by atoms with Gasteiger partial charge in [0.15, 0.2) is 0 Å². The van der Waals surface area contributed by atoms with E-state index in [0.717, 1.165) is 11.0 Å². The first-order valence-electron chi connectivity index (χ1n) is 4.89. The monoisotopic (exact) mass is 213 g/mol. The van der Waals surface area contributed by atoms with Gasteiger partial charge in [0.25, 0.3) is 0 Å². The van der Waals surface area contributed by atoms with E-state index in [4.69, 9.17) is 0 Å². The number of aromatic nitrogens is 2. The second-order valence-electron chi connectivity index (χ2n) is 3.94. The highest BCUT2D eigenvalue weighted by Gasteiger charge is 2.28. The minimum atomic E-state index is -0.326. The molecule has 1 saturated carbocycles. The van der Waals surface area contributed by atoms with Crippen molar-refractivity contribution in [1.82, 2.24) is 9.36 Å². The summed E-state index contributed by atoms with van der Waals surface area (Å²) in [7, 11) is 1.93. The lowest BCUT2D eigenvalue weighted by atomic mass is 10.4. The molecule has 0 aliphatic heterocycles. The predicted octanol–water partition coefficient (Wildman–Crippen LogP) is 1.23. The van der Waals surface area contributed by atoms with Gasteiger partial charge in [0.2, 0.25) is 5.13 Å². The van der Waals surface area contributed by atoms with Crippen LogP contribution in [0.15, 0.2) is 0 Å². The fraction of sp³-hybridized carbons (Fsp3) is 0.778. The van der Waals surface area contributed by atoms with Crippen molar-refractivity contribution in [2.75, 3.05) is 18.5 Å². The molecule has 1 aliphatic rings. The van der Waals surface area contributed by atoms with E-state index < -0.39 is 0 Å². The standard InChI is InChI=1S/C9H15N3OS/c1-6(13)5-12(2)9-10-8(11-14-9)7-3-4-7/h6-7,13H,3-5H2,1-2H3. The molecule has 1 fully saturated rings. The van der Waals surface area contributed by atoms with E-state index in [2.05, 4.69) is 9.36 Å². The van der Waals surface area contributed by atoms with Gasteiger partial charge in [0.1, 0.15) is 5.82 Å². The summed E-state index contributed by atoms with van der Waals surface area (Å²) in [5, 5.41) is 10.1. The maximum absolute atomic E-state index is 9.23. The summed E-state index contributed by atoms with van der Waals surface area (Å²) in [6.07, 6.45) is 2.14. The van der Waals surface area contributed by atoms with Crippen LogP contribution in [0.25, 0.3) is 0 Å². The zero-order valence-electron chi connectivity index (χ0n) is 8.47. The van der Waals surface area contributed by atoms with Crippen molar-refractivity contribution < 1.29 is 5.11 Å². The van der Waals surface area contributed by atoms with Crippen molar-refractivity contribution >= 4 is 16.7 Å². The van der Waals surface area contributed by atoms with Crippen molar-refractivity contribution in [2.45, 2.75) is 31.8 Å². The molecule has 1 N–H and O–H groups in total. The van der Waals surface area contributed by atoms with E-state index in [1.807, 2.05) is 11.9 Å². The van der Waals surface area contributed by atoms with Gasteiger partial charge in [-0.3, -0.25) is 0 Å². The van der Waals surface area contributed by atoms with Crippen molar-refractivity contribution in [2.24, 2.45) is 0 Å². The molecule has 0 radical (unpaired) electrons. The maximum atomic E-state index is 9.23. The summed E-state index contributed by atoms with van der Waals surface area (Å²) >= 11 is 1.42. The predicted molar refractivity (Wildman–Crippen MR) is 56.8 cm³/mol. The zero-order chi connectivity index (χ0) is 10.1. The van der Waals surface area contributed by atoms with Gasteiger partial charge >= 0.3 is 0 Å². The third-order valence-electron chi connectivity index (χ3n) is 2.24. The summed E-state index contributed by atoms with van der Waals surface area (Å²) in [6.45, 7) is 2.39. The van der Waals surface area contributed by atoms with Gasteiger partial charge in [-0.15, -0.1) is 0 Å². The lowest BCUT2D eigenvalue weighted by molar-refractivity contribution is 0.201. The number of rotatable bonds is 4. The first-order chi connectivity index (χ1) is 6.66. The van der Waals surface area contributed by atoms with E-state index >= 15 is 0 Å². The molecule has 1 aromatic heterocycles. The molecule has 1 aromatic rings. The van der Waals surface area contributed by atoms with Crippen molar-refractivity contribution in [1.29, 1.82) is 0 Å². The molecule has 0 amide bonds. The number of aliphatic hydroxyl groups is 1. The third kappa shape index (κ3) is 2.22. The summed E-state index contributed by atoms with van der Waals surface area (Å²) in [5.74, 6) is 1.60. The van der Waals surface area contributed by atoms with Crippen LogP contribution in [0.5, 0.6) is 0 Å². The molecule has 4 nitrogen and oxygen atoms in total. The van der Waals surface area contributed by atoms with Crippen LogP contribution in [-0.4, -0.2) is 34.2 Å². The topological polar surface area (TPSA) is 49.2 Å². The Labute approximate surface area is 87.8 Å². The van der Waals surface area contributed by atoms with Crippen LogP contribution in [0.4, 0.5) is 5.13 Å². The SMILES string of the molecule is CC(O)CN(C)c1nc(C2CC2)ns1. The van der Waals surface area contributed by atoms with E-state index in [0.29, 0.717) is 12.5 Å². The Balaban J connectivity index is 2.00. The van der Waals surface area contributed by atoms with Crippen LogP contribution in [0, 0.1) is 0 Å². The average molecular weight is 213 g/mol. The highest BCUT2D eigenvalue weighted by molar-refractivity contribution is 7.09. The molecular weight excluding hydrogens is 198 g/mol. The van der Waals surface area contributed by atoms with Crippen molar-refractivity contribution in [3.05, 3.63) is 5.82 Å². The molecule has 1 unspecified atom stereocenters. The zero-order valence-corrected chi connectivity index (χ0v) is 9.29. The second kappa shape index (κ2) is 3.82. The third-order valence-corrected chi connectivity index (χ3v) is 3.08. The molecule has 0 aromatic carbocycles. The lowest BCUT2D eigenvalue weighted by Gasteiger charge is -2.16. The van der Waals surface area contributed by atoms with Gasteiger partial charge in [-0.25, -0.2) is 4.98 Å². The Kier molecular flexibility index (Phi) is 2.69. The summed E-state index contributed by atoms with van der Waals surface area (Å²) in [4.78, 5) is 6.40. The lowest BCUT2D eigenvalue weighted by Crippen LogP contribution is -2.26. The van der Waals surface area contributed by atoms with Crippen LogP contribution in [0.1, 0.15) is 31.5 Å². The highest BCUT2D eigenvalue weighted by atomic mass is 32.1. The summed E-state index contributed by atoms with van der Waals surface area (Å²) in [6, 6.07) is 0. The minimum absolute atomic E-state index is 0.326. The Hall–Kier alpha value is -0.680. The number of nitrogens with zero attached hydrogens (tertiary/aromatic N) is 3. The first kappa shape index (κ1) is 9.86. The molecule has 0 spiro atoms. The van der Waals surface area contributed by atoms with E-state index in [-0.39, 0.29) is 6.10 Å². The number of aliphatic hydroxyl groups excluding tert-OH is 1. The molecule has 0 saturated heterocycles. The Morgan fingerprint density at radius 3 is 2.93 bits per heavy atom. The second-order valence-corrected chi connectivity index (χ2v) is 4.67. The Bertz CT molecular complexity index is 309. The maximum Gasteiger partial charge on any atom is 0.205 e. The Morgan fingerprint density at radius 1 is 1.64 bits per heavy atom. The van der Waals surface area contributed by atoms with E-state index in [1.54, 1.807) is 6.92 Å². The van der Waals surface area contributed by atoms with E-state index in [1.165, 1.54) is 24.4 Å². The smallest absolute Gasteiger partial charge is 0.205 e. The molecule has 78 valence electrons. The largest absolute Gasteiger partial charge is 0.392 e. The van der Waals surface area contributed by atoms with Gasteiger partial charge in [0.05, 0.1) is 6.10 Å². The van der Waals surface area contributed by atoms with Gasteiger partial charge in [0, 0.05) is 31.0 Å². The minimum Gasteiger partial charge on any atom is -0.392 e. The fourth-order valence-corrected chi connectivity index (χ4v) is 2.08. The average Bonchev–Trinajstić information content (AvgIpc) is 2.82. The van der Waals surface area contributed by atoms with E-state index in [9.17, 15) is 5.11 Å². The van der Waals surface area contributed by atoms with Crippen LogP contribution in [0.2, 0.25) is 0 Å². The van der Waals surface area contributed by atoms with Crippen LogP contribution < -0.4 is 4.90 Å². The number of anilines is 1. The summed E-state index contributed by atoms with van der Waals surface area (Å²) in [5.41, 5.74) is 0. The molecular formula is C9H15N3OS. The van der Waals surface area contributed by atoms with Crippen molar-refractivity contribution in [3.63, 3.8) is 0 Å². The van der Waals surface area contributed by atoms with Crippen LogP contribution >= 0.6 is 11.5 Å². The van der Waals surface area contributed by atoms with Crippen molar-refractivity contribution in [3.8, 4) is 0 Å². The molecule has 0 bridgehead atoms. The quantitative estimate of drug-likeness (QED) is 0.817. The summed E-state index contributed by atoms with van der Waals surface area (Å²) < 4.78 is 4.31. The van der Waals surface area contributed by atoms with Crippen LogP contribution in [0.3, 0.4) is 0 Å².